The van der Waals surface area contributed by atoms with Crippen molar-refractivity contribution < 1.29 is 21.7 Å². The van der Waals surface area contributed by atoms with Crippen molar-refractivity contribution in [1.29, 1.82) is 0 Å². The predicted molar refractivity (Wildman–Crippen MR) is 131 cm³/mol. The van der Waals surface area contributed by atoms with Gasteiger partial charge in [-0.3, -0.25) is 5.43 Å². The maximum Gasteiger partial charge on any atom is 0.339 e. The molecular formula is C24H20FN3O4S2. The van der Waals surface area contributed by atoms with Crippen LogP contribution in [-0.4, -0.2) is 26.2 Å². The Morgan fingerprint density at radius 3 is 2.56 bits per heavy atom. The van der Waals surface area contributed by atoms with Gasteiger partial charge in [0.05, 0.1) is 18.5 Å². The number of hydrazone groups is 1. The van der Waals surface area contributed by atoms with E-state index < -0.39 is 10.1 Å². The van der Waals surface area contributed by atoms with Crippen LogP contribution >= 0.6 is 11.3 Å². The van der Waals surface area contributed by atoms with Crippen molar-refractivity contribution in [3.05, 3.63) is 89.6 Å². The first-order chi connectivity index (χ1) is 16.4. The zero-order chi connectivity index (χ0) is 24.0. The Balaban J connectivity index is 1.46. The van der Waals surface area contributed by atoms with Crippen LogP contribution in [0.3, 0.4) is 0 Å². The van der Waals surface area contributed by atoms with Crippen LogP contribution < -0.4 is 14.3 Å². The molecule has 0 aliphatic carbocycles. The molecule has 3 aromatic carbocycles. The van der Waals surface area contributed by atoms with Gasteiger partial charge in [0.1, 0.15) is 10.7 Å². The first-order valence-corrected chi connectivity index (χ1v) is 12.5. The molecule has 0 amide bonds. The van der Waals surface area contributed by atoms with E-state index in [4.69, 9.17) is 8.92 Å². The summed E-state index contributed by atoms with van der Waals surface area (Å²) in [7, 11) is -4.00. The largest absolute Gasteiger partial charge is 0.490 e. The summed E-state index contributed by atoms with van der Waals surface area (Å²) in [4.78, 5) is 4.48. The highest BCUT2D eigenvalue weighted by atomic mass is 32.2. The van der Waals surface area contributed by atoms with E-state index in [0.717, 1.165) is 5.56 Å². The Labute approximate surface area is 200 Å². The molecule has 0 radical (unpaired) electrons. The van der Waals surface area contributed by atoms with Crippen LogP contribution in [0.15, 0.2) is 88.2 Å². The van der Waals surface area contributed by atoms with Gasteiger partial charge in [-0.25, -0.2) is 9.37 Å². The Morgan fingerprint density at radius 2 is 1.82 bits per heavy atom. The van der Waals surface area contributed by atoms with E-state index >= 15 is 0 Å². The number of nitrogens with one attached hydrogen (secondary N) is 1. The molecule has 1 aromatic heterocycles. The molecule has 174 valence electrons. The maximum absolute atomic E-state index is 13.1. The second kappa shape index (κ2) is 10.4. The zero-order valence-corrected chi connectivity index (χ0v) is 19.6. The highest BCUT2D eigenvalue weighted by Gasteiger charge is 2.19. The van der Waals surface area contributed by atoms with E-state index in [0.29, 0.717) is 23.0 Å². The summed E-state index contributed by atoms with van der Waals surface area (Å²) < 4.78 is 49.1. The highest BCUT2D eigenvalue weighted by Crippen LogP contribution is 2.31. The third-order valence-electron chi connectivity index (χ3n) is 4.52. The minimum Gasteiger partial charge on any atom is -0.490 e. The van der Waals surface area contributed by atoms with Gasteiger partial charge in [0.25, 0.3) is 0 Å². The molecule has 0 aliphatic heterocycles. The molecule has 4 rings (SSSR count). The summed E-state index contributed by atoms with van der Waals surface area (Å²) in [6.45, 7) is 2.12. The molecule has 0 fully saturated rings. The summed E-state index contributed by atoms with van der Waals surface area (Å²) in [5, 5.41) is 6.59. The molecule has 1 heterocycles. The molecule has 0 atom stereocenters. The molecule has 0 spiro atoms. The van der Waals surface area contributed by atoms with Gasteiger partial charge in [-0.2, -0.15) is 13.5 Å². The minimum absolute atomic E-state index is 0.0516. The lowest BCUT2D eigenvalue weighted by Gasteiger charge is -2.12. The Bertz CT molecular complexity index is 1390. The Kier molecular flexibility index (Phi) is 7.19. The van der Waals surface area contributed by atoms with Crippen molar-refractivity contribution in [2.24, 2.45) is 5.10 Å². The number of hydrogen-bond acceptors (Lipinski definition) is 8. The Hall–Kier alpha value is -3.76. The lowest BCUT2D eigenvalue weighted by molar-refractivity contribution is 0.327. The van der Waals surface area contributed by atoms with Gasteiger partial charge in [0.15, 0.2) is 11.5 Å². The second-order valence-electron chi connectivity index (χ2n) is 6.90. The third kappa shape index (κ3) is 5.77. The molecule has 0 saturated heterocycles. The number of ether oxygens (including phenoxy) is 1. The molecule has 0 saturated carbocycles. The fourth-order valence-electron chi connectivity index (χ4n) is 2.94. The van der Waals surface area contributed by atoms with E-state index in [9.17, 15) is 12.8 Å². The van der Waals surface area contributed by atoms with Gasteiger partial charge in [-0.05, 0) is 67.1 Å². The topological polar surface area (TPSA) is 89.9 Å². The lowest BCUT2D eigenvalue weighted by atomic mass is 10.2. The normalized spacial score (nSPS) is 11.5. The molecule has 0 unspecified atom stereocenters. The van der Waals surface area contributed by atoms with Crippen LogP contribution in [0.2, 0.25) is 0 Å². The highest BCUT2D eigenvalue weighted by molar-refractivity contribution is 7.87. The summed E-state index contributed by atoms with van der Waals surface area (Å²) >= 11 is 1.36. The van der Waals surface area contributed by atoms with Gasteiger partial charge in [-0.1, -0.05) is 18.2 Å². The zero-order valence-electron chi connectivity index (χ0n) is 18.0. The number of nitrogens with zero attached hydrogens (tertiary/aromatic N) is 2. The fraction of sp³-hybridized carbons (Fsp3) is 0.0833. The fourth-order valence-corrected chi connectivity index (χ4v) is 4.57. The summed E-state index contributed by atoms with van der Waals surface area (Å²) in [5.74, 6) is 0.0564. The third-order valence-corrected chi connectivity index (χ3v) is 6.51. The van der Waals surface area contributed by atoms with Crippen molar-refractivity contribution >= 4 is 32.8 Å². The number of benzene rings is 3. The maximum atomic E-state index is 13.1. The van der Waals surface area contributed by atoms with Gasteiger partial charge in [0.2, 0.25) is 5.13 Å². The summed E-state index contributed by atoms with van der Waals surface area (Å²) in [5.41, 5.74) is 5.03. The molecule has 10 heteroatoms. The average Bonchev–Trinajstić information content (AvgIpc) is 3.31. The number of hydrogen-bond donors (Lipinski definition) is 1. The monoisotopic (exact) mass is 497 g/mol. The quantitative estimate of drug-likeness (QED) is 0.185. The van der Waals surface area contributed by atoms with E-state index in [1.807, 2.05) is 5.38 Å². The molecule has 0 aliphatic rings. The smallest absolute Gasteiger partial charge is 0.339 e. The number of rotatable bonds is 9. The number of thiazole rings is 1. The van der Waals surface area contributed by atoms with Crippen LogP contribution in [0.25, 0.3) is 11.3 Å². The first-order valence-electron chi connectivity index (χ1n) is 10.2. The summed E-state index contributed by atoms with van der Waals surface area (Å²) in [6, 6.07) is 18.8. The Morgan fingerprint density at radius 1 is 1.06 bits per heavy atom. The van der Waals surface area contributed by atoms with Gasteiger partial charge in [0, 0.05) is 10.9 Å². The standard InChI is InChI=1S/C24H20FN3O4S2/c1-2-31-23-14-17(8-13-22(23)32-34(29,30)20-6-4-3-5-7-20)15-26-28-24-27-21(16-33-24)18-9-11-19(25)12-10-18/h3-16H,2H2,1H3,(H,27,28)/b26-15-. The molecule has 0 bridgehead atoms. The molecule has 34 heavy (non-hydrogen) atoms. The molecule has 1 N–H and O–H groups in total. The number of anilines is 1. The predicted octanol–water partition coefficient (Wildman–Crippen LogP) is 5.56. The van der Waals surface area contributed by atoms with Gasteiger partial charge >= 0.3 is 10.1 Å². The van der Waals surface area contributed by atoms with Crippen LogP contribution in [0, 0.1) is 5.82 Å². The van der Waals surface area contributed by atoms with E-state index in [1.165, 1.54) is 41.7 Å². The lowest BCUT2D eigenvalue weighted by Crippen LogP contribution is -2.10. The molecule has 4 aromatic rings. The SMILES string of the molecule is CCOc1cc(/C=N\Nc2nc(-c3ccc(F)cc3)cs2)ccc1OS(=O)(=O)c1ccccc1. The van der Waals surface area contributed by atoms with Crippen LogP contribution in [-0.2, 0) is 10.1 Å². The average molecular weight is 498 g/mol. The van der Waals surface area contributed by atoms with E-state index in [1.54, 1.807) is 55.6 Å². The van der Waals surface area contributed by atoms with E-state index in [2.05, 4.69) is 15.5 Å². The number of aromatic nitrogens is 1. The number of halogens is 1. The van der Waals surface area contributed by atoms with Crippen molar-refractivity contribution in [2.45, 2.75) is 11.8 Å². The van der Waals surface area contributed by atoms with Crippen LogP contribution in [0.5, 0.6) is 11.5 Å². The van der Waals surface area contributed by atoms with Crippen molar-refractivity contribution in [3.63, 3.8) is 0 Å². The van der Waals surface area contributed by atoms with Crippen molar-refractivity contribution in [1.82, 2.24) is 4.98 Å². The molecule has 7 nitrogen and oxygen atoms in total. The van der Waals surface area contributed by atoms with Crippen molar-refractivity contribution in [2.75, 3.05) is 12.0 Å². The summed E-state index contributed by atoms with van der Waals surface area (Å²) in [6.07, 6.45) is 1.55. The van der Waals surface area contributed by atoms with Gasteiger partial charge in [-0.15, -0.1) is 11.3 Å². The molecular weight excluding hydrogens is 477 g/mol. The van der Waals surface area contributed by atoms with Crippen LogP contribution in [0.1, 0.15) is 12.5 Å². The van der Waals surface area contributed by atoms with Crippen molar-refractivity contribution in [3.8, 4) is 22.8 Å². The van der Waals surface area contributed by atoms with Crippen LogP contribution in [0.4, 0.5) is 9.52 Å². The van der Waals surface area contributed by atoms with E-state index in [-0.39, 0.29) is 22.2 Å². The minimum atomic E-state index is -4.00. The first kappa shape index (κ1) is 23.4. The van der Waals surface area contributed by atoms with Gasteiger partial charge < -0.3 is 8.92 Å². The second-order valence-corrected chi connectivity index (χ2v) is 9.31.